The van der Waals surface area contributed by atoms with Crippen LogP contribution >= 0.6 is 0 Å². The van der Waals surface area contributed by atoms with Crippen molar-refractivity contribution in [1.82, 2.24) is 14.5 Å². The topological polar surface area (TPSA) is 43.1 Å². The molecule has 2 heterocycles. The van der Waals surface area contributed by atoms with E-state index in [1.165, 1.54) is 55.2 Å². The molecule has 0 fully saturated rings. The summed E-state index contributed by atoms with van der Waals surface area (Å²) < 4.78 is 2.29. The third-order valence-electron chi connectivity index (χ3n) is 10.4. The lowest BCUT2D eigenvalue weighted by molar-refractivity contribution is 0.891. The monoisotopic (exact) mass is 644 g/mol. The highest BCUT2D eigenvalue weighted by atomic mass is 15.0. The van der Waals surface area contributed by atoms with E-state index < -0.39 is 0 Å². The molecule has 0 spiro atoms. The minimum atomic E-state index is 0.774. The molecule has 0 saturated heterocycles. The first kappa shape index (κ1) is 30.0. The number of aliphatic imine (C=N–C) groups is 1. The Labute approximate surface area is 292 Å². The zero-order valence-electron chi connectivity index (χ0n) is 28.3. The number of hydrogen-bond donors (Lipinski definition) is 0. The second kappa shape index (κ2) is 12.1. The molecule has 4 heteroatoms. The number of nitrogens with zero attached hydrogens (tertiary/aromatic N) is 4. The van der Waals surface area contributed by atoms with Crippen LogP contribution in [0.3, 0.4) is 0 Å². The van der Waals surface area contributed by atoms with Gasteiger partial charge in [0.05, 0.1) is 11.4 Å². The minimum Gasteiger partial charge on any atom is -0.343 e. The molecule has 0 bridgehead atoms. The van der Waals surface area contributed by atoms with E-state index in [0.717, 1.165) is 64.2 Å². The van der Waals surface area contributed by atoms with Crippen LogP contribution < -0.4 is 0 Å². The van der Waals surface area contributed by atoms with Crippen molar-refractivity contribution in [1.29, 1.82) is 0 Å². The van der Waals surface area contributed by atoms with Crippen molar-refractivity contribution in [3.63, 3.8) is 0 Å². The Balaban J connectivity index is 0.948. The highest BCUT2D eigenvalue weighted by molar-refractivity contribution is 6.12. The van der Waals surface area contributed by atoms with E-state index in [4.69, 9.17) is 15.0 Å². The number of aryl methyl sites for hydroxylation is 2. The maximum Gasteiger partial charge on any atom is 0.160 e. The summed E-state index contributed by atoms with van der Waals surface area (Å²) in [5, 5.41) is 3.67. The highest BCUT2D eigenvalue weighted by Crippen LogP contribution is 2.40. The van der Waals surface area contributed by atoms with Crippen molar-refractivity contribution in [2.75, 3.05) is 0 Å². The summed E-state index contributed by atoms with van der Waals surface area (Å²) in [6.07, 6.45) is 13.2. The number of benzene rings is 5. The zero-order valence-corrected chi connectivity index (χ0v) is 28.3. The summed E-state index contributed by atoms with van der Waals surface area (Å²) >= 11 is 0. The lowest BCUT2D eigenvalue weighted by atomic mass is 9.94. The molecule has 0 N–H and O–H groups in total. The molecule has 5 aromatic carbocycles. The maximum atomic E-state index is 4.88. The molecular weight excluding hydrogens is 609 g/mol. The number of aromatic nitrogens is 3. The Morgan fingerprint density at radius 2 is 1.58 bits per heavy atom. The van der Waals surface area contributed by atoms with Crippen molar-refractivity contribution < 1.29 is 0 Å². The predicted octanol–water partition coefficient (Wildman–Crippen LogP) is 10.9. The Bertz CT molecular complexity index is 2590. The van der Waals surface area contributed by atoms with Gasteiger partial charge in [0.2, 0.25) is 0 Å². The van der Waals surface area contributed by atoms with Crippen LogP contribution in [0.2, 0.25) is 0 Å². The summed E-state index contributed by atoms with van der Waals surface area (Å²) in [7, 11) is 2.15. The van der Waals surface area contributed by atoms with Crippen molar-refractivity contribution in [2.24, 2.45) is 12.0 Å². The summed E-state index contributed by atoms with van der Waals surface area (Å²) in [6, 6.07) is 36.9. The summed E-state index contributed by atoms with van der Waals surface area (Å²) in [5.74, 6) is 0.774. The van der Waals surface area contributed by atoms with E-state index in [2.05, 4.69) is 140 Å². The normalized spacial score (nSPS) is 13.8. The SMILES string of the molecule is C=C(/N=C\C(=C/C)c1ccc2cc(-c3cnc(C4=CCCc5c4n(C)c4ccccc54)nc3)ccc2c1)c1cccc2c1Cc1ccccc1-2. The van der Waals surface area contributed by atoms with Crippen LogP contribution in [0.15, 0.2) is 139 Å². The molecule has 4 nitrogen and oxygen atoms in total. The first-order chi connectivity index (χ1) is 24.6. The molecule has 0 amide bonds. The van der Waals surface area contributed by atoms with Crippen molar-refractivity contribution in [3.8, 4) is 22.3 Å². The van der Waals surface area contributed by atoms with Gasteiger partial charge in [0.15, 0.2) is 5.82 Å². The fourth-order valence-corrected chi connectivity index (χ4v) is 7.90. The van der Waals surface area contributed by atoms with Gasteiger partial charge in [0.1, 0.15) is 0 Å². The van der Waals surface area contributed by atoms with Crippen LogP contribution in [0.4, 0.5) is 0 Å². The third-order valence-corrected chi connectivity index (χ3v) is 10.4. The molecular formula is C46H36N4. The average Bonchev–Trinajstić information content (AvgIpc) is 3.70. The first-order valence-corrected chi connectivity index (χ1v) is 17.3. The molecule has 0 unspecified atom stereocenters. The van der Waals surface area contributed by atoms with Crippen molar-refractivity contribution in [3.05, 3.63) is 174 Å². The molecule has 0 aliphatic heterocycles. The van der Waals surface area contributed by atoms with E-state index in [1.807, 2.05) is 18.6 Å². The average molecular weight is 645 g/mol. The number of hydrogen-bond acceptors (Lipinski definition) is 3. The number of rotatable bonds is 6. The first-order valence-electron chi connectivity index (χ1n) is 17.3. The van der Waals surface area contributed by atoms with Crippen LogP contribution in [0.1, 0.15) is 52.7 Å². The van der Waals surface area contributed by atoms with Gasteiger partial charge in [0.25, 0.3) is 0 Å². The summed E-state index contributed by atoms with van der Waals surface area (Å²) in [4.78, 5) is 14.6. The molecule has 50 heavy (non-hydrogen) atoms. The van der Waals surface area contributed by atoms with E-state index in [0.29, 0.717) is 0 Å². The van der Waals surface area contributed by atoms with Crippen LogP contribution in [-0.4, -0.2) is 20.7 Å². The number of allylic oxidation sites excluding steroid dienone is 3. The van der Waals surface area contributed by atoms with Gasteiger partial charge >= 0.3 is 0 Å². The van der Waals surface area contributed by atoms with Crippen LogP contribution in [0.25, 0.3) is 60.8 Å². The Kier molecular flexibility index (Phi) is 7.24. The summed E-state index contributed by atoms with van der Waals surface area (Å²) in [6.45, 7) is 6.43. The van der Waals surface area contributed by atoms with Gasteiger partial charge in [-0.05, 0) is 99.7 Å². The predicted molar refractivity (Wildman–Crippen MR) is 209 cm³/mol. The fourth-order valence-electron chi connectivity index (χ4n) is 7.90. The molecule has 2 aromatic heterocycles. The van der Waals surface area contributed by atoms with E-state index >= 15 is 0 Å². The molecule has 2 aliphatic carbocycles. The third kappa shape index (κ3) is 4.95. The number of fused-ring (bicyclic) bond motifs is 7. The van der Waals surface area contributed by atoms with E-state index in [1.54, 1.807) is 0 Å². The Morgan fingerprint density at radius 1 is 0.800 bits per heavy atom. The van der Waals surface area contributed by atoms with Gasteiger partial charge in [0, 0.05) is 53.3 Å². The van der Waals surface area contributed by atoms with Gasteiger partial charge in [-0.15, -0.1) is 0 Å². The largest absolute Gasteiger partial charge is 0.343 e. The molecule has 0 saturated carbocycles. The van der Waals surface area contributed by atoms with Gasteiger partial charge in [-0.25, -0.2) is 9.97 Å². The molecule has 7 aromatic rings. The molecule has 0 radical (unpaired) electrons. The van der Waals surface area contributed by atoms with Gasteiger partial charge in [-0.3, -0.25) is 4.99 Å². The van der Waals surface area contributed by atoms with Gasteiger partial charge in [-0.1, -0.05) is 104 Å². The second-order valence-electron chi connectivity index (χ2n) is 13.2. The maximum absolute atomic E-state index is 4.88. The lowest BCUT2D eigenvalue weighted by Gasteiger charge is -2.16. The molecule has 0 atom stereocenters. The smallest absolute Gasteiger partial charge is 0.160 e. The van der Waals surface area contributed by atoms with Crippen LogP contribution in [0, 0.1) is 0 Å². The van der Waals surface area contributed by atoms with Crippen LogP contribution in [-0.2, 0) is 19.9 Å². The molecule has 9 rings (SSSR count). The van der Waals surface area contributed by atoms with Gasteiger partial charge < -0.3 is 4.57 Å². The van der Waals surface area contributed by atoms with E-state index in [-0.39, 0.29) is 0 Å². The van der Waals surface area contributed by atoms with Gasteiger partial charge in [-0.2, -0.15) is 0 Å². The van der Waals surface area contributed by atoms with Crippen molar-refractivity contribution >= 4 is 44.7 Å². The zero-order chi connectivity index (χ0) is 33.8. The Morgan fingerprint density at radius 3 is 2.46 bits per heavy atom. The Hall–Kier alpha value is -6.13. The van der Waals surface area contributed by atoms with Crippen molar-refractivity contribution in [2.45, 2.75) is 26.2 Å². The van der Waals surface area contributed by atoms with E-state index in [9.17, 15) is 0 Å². The number of para-hydroxylation sites is 1. The lowest BCUT2D eigenvalue weighted by Crippen LogP contribution is -2.07. The quantitative estimate of drug-likeness (QED) is 0.169. The molecule has 240 valence electrons. The highest BCUT2D eigenvalue weighted by Gasteiger charge is 2.24. The molecule has 2 aliphatic rings. The summed E-state index contributed by atoms with van der Waals surface area (Å²) in [5.41, 5.74) is 16.5. The minimum absolute atomic E-state index is 0.774. The second-order valence-corrected chi connectivity index (χ2v) is 13.2. The van der Waals surface area contributed by atoms with Crippen LogP contribution in [0.5, 0.6) is 0 Å². The standard InChI is InChI=1S/C46H36N4/c1-4-30(26-47-29(2)37-14-9-15-39-38-12-6-5-11-35(38)25-43(37)39)31-19-20-33-24-34(22-21-32(33)23-31)36-27-48-46(49-28-36)42-17-10-16-41-40-13-7-8-18-44(40)50(3)45(41)42/h4-9,11-15,17-24,26-28H,2,10,16,25H2,1,3H3/b30-4+,47-26-. The fraction of sp³-hybridized carbons (Fsp3) is 0.109.